The predicted octanol–water partition coefficient (Wildman–Crippen LogP) is 5.91. The Morgan fingerprint density at radius 1 is 1.19 bits per heavy atom. The minimum absolute atomic E-state index is 0.0545. The first-order chi connectivity index (χ1) is 12.5. The van der Waals surface area contributed by atoms with Crippen molar-refractivity contribution >= 4 is 34.9 Å². The third kappa shape index (κ3) is 2.70. The number of allylic oxidation sites excluding steroid dienone is 2. The van der Waals surface area contributed by atoms with Crippen LogP contribution in [0.15, 0.2) is 42.5 Å². The van der Waals surface area contributed by atoms with Gasteiger partial charge >= 0.3 is 5.97 Å². The van der Waals surface area contributed by atoms with Crippen LogP contribution in [-0.4, -0.2) is 13.1 Å². The molecule has 0 bridgehead atoms. The van der Waals surface area contributed by atoms with Crippen molar-refractivity contribution in [3.63, 3.8) is 0 Å². The Morgan fingerprint density at radius 3 is 2.69 bits per heavy atom. The van der Waals surface area contributed by atoms with Crippen LogP contribution in [0, 0.1) is 12.8 Å². The van der Waals surface area contributed by atoms with Crippen LogP contribution in [0.1, 0.15) is 45.4 Å². The standard InChI is InChI=1S/C21H19Cl2NO2/c1-11-13(21(25)26-2)8-9-16-14-4-3-5-15(14)20(24-19(11)16)17-7-6-12(22)10-18(17)23/h3-4,6-10,14-15,20,24H,5H2,1-2H3/t14-,15+,20+/m1/s1. The summed E-state index contributed by atoms with van der Waals surface area (Å²) < 4.78 is 4.92. The van der Waals surface area contributed by atoms with Crippen LogP contribution in [0.5, 0.6) is 0 Å². The van der Waals surface area contributed by atoms with Crippen LogP contribution in [-0.2, 0) is 4.74 Å². The van der Waals surface area contributed by atoms with Gasteiger partial charge in [-0.25, -0.2) is 4.79 Å². The molecule has 0 fully saturated rings. The molecule has 0 amide bonds. The largest absolute Gasteiger partial charge is 0.465 e. The summed E-state index contributed by atoms with van der Waals surface area (Å²) in [5, 5.41) is 4.94. The fourth-order valence-corrected chi connectivity index (χ4v) is 4.73. The number of nitrogens with one attached hydrogen (secondary N) is 1. The number of anilines is 1. The Balaban J connectivity index is 1.84. The van der Waals surface area contributed by atoms with Gasteiger partial charge in [-0.3, -0.25) is 0 Å². The number of rotatable bonds is 2. The molecule has 0 radical (unpaired) electrons. The van der Waals surface area contributed by atoms with Gasteiger partial charge < -0.3 is 10.1 Å². The van der Waals surface area contributed by atoms with Crippen LogP contribution in [0.3, 0.4) is 0 Å². The zero-order valence-electron chi connectivity index (χ0n) is 14.6. The monoisotopic (exact) mass is 387 g/mol. The third-order valence-electron chi connectivity index (χ3n) is 5.50. The zero-order chi connectivity index (χ0) is 18.4. The molecule has 4 rings (SSSR count). The molecule has 2 aromatic carbocycles. The van der Waals surface area contributed by atoms with E-state index in [-0.39, 0.29) is 12.0 Å². The van der Waals surface area contributed by atoms with Gasteiger partial charge in [0, 0.05) is 21.7 Å². The molecule has 0 unspecified atom stereocenters. The molecule has 134 valence electrons. The quantitative estimate of drug-likeness (QED) is 0.513. The molecule has 1 N–H and O–H groups in total. The van der Waals surface area contributed by atoms with E-state index < -0.39 is 0 Å². The van der Waals surface area contributed by atoms with Crippen molar-refractivity contribution in [3.8, 4) is 0 Å². The highest BCUT2D eigenvalue weighted by atomic mass is 35.5. The van der Waals surface area contributed by atoms with E-state index in [1.807, 2.05) is 31.2 Å². The molecule has 3 atom stereocenters. The van der Waals surface area contributed by atoms with Crippen LogP contribution in [0.4, 0.5) is 5.69 Å². The van der Waals surface area contributed by atoms with Crippen molar-refractivity contribution in [1.82, 2.24) is 0 Å². The number of halogens is 2. The van der Waals surface area contributed by atoms with E-state index in [9.17, 15) is 4.79 Å². The lowest BCUT2D eigenvalue weighted by atomic mass is 9.76. The van der Waals surface area contributed by atoms with E-state index in [0.717, 1.165) is 23.2 Å². The van der Waals surface area contributed by atoms with Gasteiger partial charge in [-0.1, -0.05) is 47.5 Å². The fraction of sp³-hybridized carbons (Fsp3) is 0.286. The van der Waals surface area contributed by atoms with Gasteiger partial charge in [0.2, 0.25) is 0 Å². The molecule has 1 aliphatic carbocycles. The molecule has 5 heteroatoms. The minimum atomic E-state index is -0.322. The Bertz CT molecular complexity index is 922. The van der Waals surface area contributed by atoms with Crippen molar-refractivity contribution in [2.45, 2.75) is 25.3 Å². The number of ether oxygens (including phenoxy) is 1. The lowest BCUT2D eigenvalue weighted by molar-refractivity contribution is 0.0600. The third-order valence-corrected chi connectivity index (χ3v) is 6.06. The van der Waals surface area contributed by atoms with Gasteiger partial charge in [0.05, 0.1) is 18.7 Å². The van der Waals surface area contributed by atoms with Gasteiger partial charge in [0.25, 0.3) is 0 Å². The topological polar surface area (TPSA) is 38.3 Å². The maximum Gasteiger partial charge on any atom is 0.338 e. The summed E-state index contributed by atoms with van der Waals surface area (Å²) in [6.45, 7) is 1.96. The number of carbonyl (C=O) groups is 1. The van der Waals surface area contributed by atoms with Crippen molar-refractivity contribution in [1.29, 1.82) is 0 Å². The summed E-state index contributed by atoms with van der Waals surface area (Å²) in [5.41, 5.74) is 4.73. The molecule has 1 heterocycles. The van der Waals surface area contributed by atoms with Gasteiger partial charge in [-0.15, -0.1) is 0 Å². The van der Waals surface area contributed by atoms with E-state index >= 15 is 0 Å². The average molecular weight is 388 g/mol. The second-order valence-electron chi connectivity index (χ2n) is 6.84. The van der Waals surface area contributed by atoms with E-state index in [4.69, 9.17) is 27.9 Å². The summed E-state index contributed by atoms with van der Waals surface area (Å²) in [5.74, 6) is 0.357. The van der Waals surface area contributed by atoms with Crippen molar-refractivity contribution in [2.75, 3.05) is 12.4 Å². The molecule has 2 aromatic rings. The molecule has 0 saturated heterocycles. The first-order valence-corrected chi connectivity index (χ1v) is 9.36. The maximum atomic E-state index is 12.1. The molecule has 26 heavy (non-hydrogen) atoms. The smallest absolute Gasteiger partial charge is 0.338 e. The highest BCUT2D eigenvalue weighted by molar-refractivity contribution is 6.35. The predicted molar refractivity (Wildman–Crippen MR) is 105 cm³/mol. The van der Waals surface area contributed by atoms with Crippen molar-refractivity contribution in [3.05, 3.63) is 74.8 Å². The molecular formula is C21H19Cl2NO2. The van der Waals surface area contributed by atoms with Crippen molar-refractivity contribution < 1.29 is 9.53 Å². The van der Waals surface area contributed by atoms with Gasteiger partial charge in [-0.05, 0) is 54.2 Å². The lowest BCUT2D eigenvalue weighted by Crippen LogP contribution is -2.30. The molecule has 0 aromatic heterocycles. The van der Waals surface area contributed by atoms with Gasteiger partial charge in [0.1, 0.15) is 0 Å². The summed E-state index contributed by atoms with van der Waals surface area (Å²) in [4.78, 5) is 12.1. The number of carbonyl (C=O) groups excluding carboxylic acids is 1. The van der Waals surface area contributed by atoms with Crippen LogP contribution in [0.2, 0.25) is 10.0 Å². The highest BCUT2D eigenvalue weighted by Crippen LogP contribution is 2.52. The molecular weight excluding hydrogens is 369 g/mol. The summed E-state index contributed by atoms with van der Waals surface area (Å²) in [6, 6.07) is 9.59. The fourth-order valence-electron chi connectivity index (χ4n) is 4.21. The second-order valence-corrected chi connectivity index (χ2v) is 7.68. The van der Waals surface area contributed by atoms with Crippen LogP contribution in [0.25, 0.3) is 0 Å². The van der Waals surface area contributed by atoms with Gasteiger partial charge in [0.15, 0.2) is 0 Å². The molecule has 1 aliphatic heterocycles. The average Bonchev–Trinajstić information content (AvgIpc) is 3.11. The highest BCUT2D eigenvalue weighted by Gasteiger charge is 2.39. The second kappa shape index (κ2) is 6.64. The Kier molecular flexibility index (Phi) is 4.45. The molecule has 2 aliphatic rings. The zero-order valence-corrected chi connectivity index (χ0v) is 16.1. The van der Waals surface area contributed by atoms with Crippen LogP contribution < -0.4 is 5.32 Å². The molecule has 3 nitrogen and oxygen atoms in total. The normalized spacial score (nSPS) is 23.2. The Hall–Kier alpha value is -1.97. The van der Waals surface area contributed by atoms with E-state index in [1.165, 1.54) is 12.7 Å². The minimum Gasteiger partial charge on any atom is -0.465 e. The number of esters is 1. The number of benzene rings is 2. The van der Waals surface area contributed by atoms with Gasteiger partial charge in [-0.2, -0.15) is 0 Å². The Morgan fingerprint density at radius 2 is 1.96 bits per heavy atom. The van der Waals surface area contributed by atoms with E-state index in [0.29, 0.717) is 27.4 Å². The molecule has 0 spiro atoms. The maximum absolute atomic E-state index is 12.1. The summed E-state index contributed by atoms with van der Waals surface area (Å²) in [7, 11) is 1.40. The molecule has 0 saturated carbocycles. The summed E-state index contributed by atoms with van der Waals surface area (Å²) >= 11 is 12.6. The lowest BCUT2D eigenvalue weighted by Gasteiger charge is -2.39. The number of methoxy groups -OCH3 is 1. The SMILES string of the molecule is COC(=O)c1ccc2c(c1C)N[C@H](c1ccc(Cl)cc1Cl)[C@H]1CC=C[C@@H]21. The van der Waals surface area contributed by atoms with Crippen molar-refractivity contribution in [2.24, 2.45) is 5.92 Å². The van der Waals surface area contributed by atoms with E-state index in [1.54, 1.807) is 6.07 Å². The number of hydrogen-bond donors (Lipinski definition) is 1. The summed E-state index contributed by atoms with van der Waals surface area (Å²) in [6.07, 6.45) is 5.48. The first-order valence-electron chi connectivity index (χ1n) is 8.61. The number of hydrogen-bond acceptors (Lipinski definition) is 3. The number of fused-ring (bicyclic) bond motifs is 3. The van der Waals surface area contributed by atoms with E-state index in [2.05, 4.69) is 17.5 Å². The van der Waals surface area contributed by atoms with Crippen LogP contribution >= 0.6 is 23.2 Å². The Labute approximate surface area is 163 Å². The first kappa shape index (κ1) is 17.4.